The second-order valence-electron chi connectivity index (χ2n) is 7.25. The molecule has 4 heteroatoms. The molecule has 1 aliphatic carbocycles. The van der Waals surface area contributed by atoms with Crippen LogP contribution >= 0.6 is 0 Å². The molecule has 0 aliphatic heterocycles. The Morgan fingerprint density at radius 1 is 0.958 bits per heavy atom. The smallest absolute Gasteiger partial charge is 0.303 e. The van der Waals surface area contributed by atoms with Gasteiger partial charge in [-0.25, -0.2) is 0 Å². The third-order valence-electron chi connectivity index (χ3n) is 5.25. The summed E-state index contributed by atoms with van der Waals surface area (Å²) in [5.41, 5.74) is 0. The standard InChI is InChI=1S/C20H34O4/c1-2-3-6-9-17(21)14-12-16-13-15-19(22)18(16)10-7-4-5-8-11-20(23)24/h16,18H,2-15H2,1H3,(H,23,24). The maximum absolute atomic E-state index is 12.1. The molecule has 4 nitrogen and oxygen atoms in total. The highest BCUT2D eigenvalue weighted by Crippen LogP contribution is 2.36. The number of ketones is 2. The topological polar surface area (TPSA) is 71.4 Å². The average molecular weight is 338 g/mol. The monoisotopic (exact) mass is 338 g/mol. The molecule has 138 valence electrons. The summed E-state index contributed by atoms with van der Waals surface area (Å²) in [6.45, 7) is 2.14. The van der Waals surface area contributed by atoms with Crippen LogP contribution in [0.5, 0.6) is 0 Å². The van der Waals surface area contributed by atoms with Crippen LogP contribution in [0.4, 0.5) is 0 Å². The first-order valence-electron chi connectivity index (χ1n) is 9.80. The van der Waals surface area contributed by atoms with Gasteiger partial charge in [-0.15, -0.1) is 0 Å². The Balaban J connectivity index is 2.20. The van der Waals surface area contributed by atoms with Crippen molar-refractivity contribution >= 4 is 17.5 Å². The summed E-state index contributed by atoms with van der Waals surface area (Å²) in [4.78, 5) is 34.5. The second-order valence-corrected chi connectivity index (χ2v) is 7.25. The maximum atomic E-state index is 12.1. The molecule has 1 rings (SSSR count). The van der Waals surface area contributed by atoms with Crippen LogP contribution in [0, 0.1) is 11.8 Å². The molecule has 24 heavy (non-hydrogen) atoms. The number of unbranched alkanes of at least 4 members (excludes halogenated alkanes) is 5. The van der Waals surface area contributed by atoms with Gasteiger partial charge in [0.2, 0.25) is 0 Å². The van der Waals surface area contributed by atoms with E-state index < -0.39 is 5.97 Å². The molecular formula is C20H34O4. The van der Waals surface area contributed by atoms with E-state index in [-0.39, 0.29) is 12.3 Å². The summed E-state index contributed by atoms with van der Waals surface area (Å²) >= 11 is 0. The van der Waals surface area contributed by atoms with Crippen molar-refractivity contribution in [3.05, 3.63) is 0 Å². The molecule has 0 radical (unpaired) electrons. The summed E-state index contributed by atoms with van der Waals surface area (Å²) in [6, 6.07) is 0. The van der Waals surface area contributed by atoms with E-state index in [1.54, 1.807) is 0 Å². The zero-order valence-electron chi connectivity index (χ0n) is 15.2. The number of carbonyl (C=O) groups is 3. The lowest BCUT2D eigenvalue weighted by molar-refractivity contribution is -0.137. The van der Waals surface area contributed by atoms with Gasteiger partial charge < -0.3 is 5.11 Å². The van der Waals surface area contributed by atoms with Crippen LogP contribution in [0.15, 0.2) is 0 Å². The van der Waals surface area contributed by atoms with Crippen LogP contribution in [0.3, 0.4) is 0 Å². The van der Waals surface area contributed by atoms with E-state index in [9.17, 15) is 14.4 Å². The van der Waals surface area contributed by atoms with Gasteiger partial charge in [0.15, 0.2) is 0 Å². The van der Waals surface area contributed by atoms with Gasteiger partial charge in [-0.05, 0) is 38.0 Å². The Kier molecular flexibility index (Phi) is 10.6. The number of carbonyl (C=O) groups excluding carboxylic acids is 2. The number of aliphatic carboxylic acids is 1. The van der Waals surface area contributed by atoms with Crippen LogP contribution in [0.25, 0.3) is 0 Å². The Labute approximate surface area is 146 Å². The number of carboxylic acids is 1. The van der Waals surface area contributed by atoms with Crippen molar-refractivity contribution < 1.29 is 19.5 Å². The first-order chi connectivity index (χ1) is 11.5. The Morgan fingerprint density at radius 3 is 2.38 bits per heavy atom. The van der Waals surface area contributed by atoms with Crippen molar-refractivity contribution in [1.29, 1.82) is 0 Å². The van der Waals surface area contributed by atoms with Gasteiger partial charge in [0.25, 0.3) is 0 Å². The fourth-order valence-corrected chi connectivity index (χ4v) is 3.76. The fourth-order valence-electron chi connectivity index (χ4n) is 3.76. The first kappa shape index (κ1) is 20.9. The third-order valence-corrected chi connectivity index (χ3v) is 5.25. The molecule has 0 aromatic carbocycles. The molecule has 1 N–H and O–H groups in total. The number of carboxylic acid groups (broad SMARTS) is 1. The van der Waals surface area contributed by atoms with E-state index >= 15 is 0 Å². The third kappa shape index (κ3) is 8.60. The SMILES string of the molecule is CCCCCC(=O)CCC1CCC(=O)C1CCCCCCC(=O)O. The van der Waals surface area contributed by atoms with Gasteiger partial charge in [0, 0.05) is 31.6 Å². The van der Waals surface area contributed by atoms with Crippen LogP contribution in [0.2, 0.25) is 0 Å². The van der Waals surface area contributed by atoms with E-state index in [0.717, 1.165) is 64.2 Å². The van der Waals surface area contributed by atoms with E-state index in [0.29, 0.717) is 36.7 Å². The second kappa shape index (κ2) is 12.2. The molecule has 2 unspecified atom stereocenters. The van der Waals surface area contributed by atoms with Crippen molar-refractivity contribution in [2.45, 2.75) is 96.8 Å². The number of hydrogen-bond acceptors (Lipinski definition) is 3. The van der Waals surface area contributed by atoms with Crippen molar-refractivity contribution in [2.75, 3.05) is 0 Å². The zero-order valence-corrected chi connectivity index (χ0v) is 15.2. The van der Waals surface area contributed by atoms with Gasteiger partial charge in [0.1, 0.15) is 11.6 Å². The fraction of sp³-hybridized carbons (Fsp3) is 0.850. The molecule has 0 saturated heterocycles. The molecular weight excluding hydrogens is 304 g/mol. The molecule has 0 aromatic rings. The predicted molar refractivity (Wildman–Crippen MR) is 94.9 cm³/mol. The summed E-state index contributed by atoms with van der Waals surface area (Å²) in [6.07, 6.45) is 11.9. The average Bonchev–Trinajstić information content (AvgIpc) is 2.89. The first-order valence-corrected chi connectivity index (χ1v) is 9.80. The van der Waals surface area contributed by atoms with E-state index in [4.69, 9.17) is 5.11 Å². The van der Waals surface area contributed by atoms with Gasteiger partial charge in [0.05, 0.1) is 0 Å². The van der Waals surface area contributed by atoms with Crippen molar-refractivity contribution in [3.8, 4) is 0 Å². The molecule has 0 spiro atoms. The largest absolute Gasteiger partial charge is 0.481 e. The van der Waals surface area contributed by atoms with E-state index in [2.05, 4.69) is 6.92 Å². The van der Waals surface area contributed by atoms with Crippen LogP contribution in [-0.4, -0.2) is 22.6 Å². The summed E-state index contributed by atoms with van der Waals surface area (Å²) < 4.78 is 0. The molecule has 1 fully saturated rings. The van der Waals surface area contributed by atoms with Crippen LogP contribution in [-0.2, 0) is 14.4 Å². The minimum atomic E-state index is -0.732. The minimum Gasteiger partial charge on any atom is -0.481 e. The highest BCUT2D eigenvalue weighted by molar-refractivity contribution is 5.83. The van der Waals surface area contributed by atoms with Crippen molar-refractivity contribution in [3.63, 3.8) is 0 Å². The van der Waals surface area contributed by atoms with E-state index in [1.807, 2.05) is 0 Å². The lowest BCUT2D eigenvalue weighted by Crippen LogP contribution is -2.16. The molecule has 0 aromatic heterocycles. The summed E-state index contributed by atoms with van der Waals surface area (Å²) in [7, 11) is 0. The summed E-state index contributed by atoms with van der Waals surface area (Å²) in [5, 5.41) is 8.61. The zero-order chi connectivity index (χ0) is 17.8. The van der Waals surface area contributed by atoms with Crippen LogP contribution < -0.4 is 0 Å². The molecule has 2 atom stereocenters. The van der Waals surface area contributed by atoms with E-state index in [1.165, 1.54) is 0 Å². The van der Waals surface area contributed by atoms with Gasteiger partial charge in [-0.3, -0.25) is 14.4 Å². The minimum absolute atomic E-state index is 0.146. The quantitative estimate of drug-likeness (QED) is 0.455. The lowest BCUT2D eigenvalue weighted by atomic mass is 9.86. The number of hydrogen-bond donors (Lipinski definition) is 1. The maximum Gasteiger partial charge on any atom is 0.303 e. The Morgan fingerprint density at radius 2 is 1.67 bits per heavy atom. The molecule has 1 saturated carbocycles. The Bertz CT molecular complexity index is 402. The van der Waals surface area contributed by atoms with Gasteiger partial charge in [-0.1, -0.05) is 39.0 Å². The van der Waals surface area contributed by atoms with Gasteiger partial charge in [-0.2, -0.15) is 0 Å². The Hall–Kier alpha value is -1.19. The molecule has 0 amide bonds. The number of rotatable bonds is 14. The van der Waals surface area contributed by atoms with Crippen molar-refractivity contribution in [2.24, 2.45) is 11.8 Å². The molecule has 0 heterocycles. The molecule has 1 aliphatic rings. The van der Waals surface area contributed by atoms with Crippen molar-refractivity contribution in [1.82, 2.24) is 0 Å². The summed E-state index contributed by atoms with van der Waals surface area (Å²) in [5.74, 6) is 0.545. The lowest BCUT2D eigenvalue weighted by Gasteiger charge is -2.18. The highest BCUT2D eigenvalue weighted by Gasteiger charge is 2.33. The van der Waals surface area contributed by atoms with Crippen LogP contribution in [0.1, 0.15) is 96.8 Å². The molecule has 0 bridgehead atoms. The normalized spacial score (nSPS) is 20.5. The van der Waals surface area contributed by atoms with Gasteiger partial charge >= 0.3 is 5.97 Å². The highest BCUT2D eigenvalue weighted by atomic mass is 16.4. The predicted octanol–water partition coefficient (Wildman–Crippen LogP) is 4.94. The number of Topliss-reactive ketones (excluding diaryl/α,β-unsaturated/α-hetero) is 2.